The number of amides is 1. The lowest BCUT2D eigenvalue weighted by Gasteiger charge is -2.17. The SMILES string of the molecule is Cc1sc2ncn(CC(=O)N[C@H]3CCN(Cc4ccccc4)C3)c(=O)c2c1C. The largest absolute Gasteiger partial charge is 0.350 e. The Labute approximate surface area is 167 Å². The van der Waals surface area contributed by atoms with Crippen LogP contribution in [0.15, 0.2) is 41.5 Å². The maximum Gasteiger partial charge on any atom is 0.262 e. The van der Waals surface area contributed by atoms with Crippen LogP contribution in [-0.4, -0.2) is 39.5 Å². The molecule has 146 valence electrons. The Hall–Kier alpha value is -2.51. The third-order valence-corrected chi connectivity index (χ3v) is 6.47. The first-order valence-corrected chi connectivity index (χ1v) is 10.3. The molecular formula is C21H24N4O2S. The summed E-state index contributed by atoms with van der Waals surface area (Å²) in [6.45, 7) is 6.60. The Balaban J connectivity index is 1.37. The summed E-state index contributed by atoms with van der Waals surface area (Å²) in [6.07, 6.45) is 2.41. The number of rotatable bonds is 5. The summed E-state index contributed by atoms with van der Waals surface area (Å²) in [5.74, 6) is -0.139. The lowest BCUT2D eigenvalue weighted by Crippen LogP contribution is -2.40. The van der Waals surface area contributed by atoms with E-state index in [-0.39, 0.29) is 24.1 Å². The average molecular weight is 397 g/mol. The van der Waals surface area contributed by atoms with Gasteiger partial charge in [-0.1, -0.05) is 30.3 Å². The summed E-state index contributed by atoms with van der Waals surface area (Å²) in [7, 11) is 0. The highest BCUT2D eigenvalue weighted by molar-refractivity contribution is 7.18. The number of benzene rings is 1. The maximum absolute atomic E-state index is 12.7. The van der Waals surface area contributed by atoms with Crippen LogP contribution in [0.2, 0.25) is 0 Å². The number of aryl methyl sites for hydroxylation is 2. The van der Waals surface area contributed by atoms with Gasteiger partial charge in [0.25, 0.3) is 5.56 Å². The molecule has 1 atom stereocenters. The van der Waals surface area contributed by atoms with Crippen molar-refractivity contribution >= 4 is 27.5 Å². The van der Waals surface area contributed by atoms with Crippen LogP contribution in [0.1, 0.15) is 22.4 Å². The molecule has 3 heterocycles. The molecule has 6 nitrogen and oxygen atoms in total. The highest BCUT2D eigenvalue weighted by Crippen LogP contribution is 2.25. The number of likely N-dealkylation sites (tertiary alicyclic amines) is 1. The van der Waals surface area contributed by atoms with E-state index in [1.807, 2.05) is 32.0 Å². The average Bonchev–Trinajstić information content (AvgIpc) is 3.23. The smallest absolute Gasteiger partial charge is 0.262 e. The highest BCUT2D eigenvalue weighted by Gasteiger charge is 2.24. The van der Waals surface area contributed by atoms with E-state index in [1.165, 1.54) is 27.8 Å². The summed E-state index contributed by atoms with van der Waals surface area (Å²) in [4.78, 5) is 33.8. The summed E-state index contributed by atoms with van der Waals surface area (Å²) < 4.78 is 1.41. The fourth-order valence-corrected chi connectivity index (χ4v) is 4.73. The molecule has 0 aliphatic carbocycles. The van der Waals surface area contributed by atoms with Gasteiger partial charge in [-0.15, -0.1) is 11.3 Å². The minimum Gasteiger partial charge on any atom is -0.350 e. The Morgan fingerprint density at radius 1 is 1.29 bits per heavy atom. The molecule has 0 unspecified atom stereocenters. The summed E-state index contributed by atoms with van der Waals surface area (Å²) in [5.41, 5.74) is 2.10. The van der Waals surface area contributed by atoms with E-state index in [2.05, 4.69) is 27.3 Å². The Morgan fingerprint density at radius 3 is 2.86 bits per heavy atom. The number of hydrogen-bond acceptors (Lipinski definition) is 5. The summed E-state index contributed by atoms with van der Waals surface area (Å²) in [5, 5.41) is 3.70. The second kappa shape index (κ2) is 7.85. The van der Waals surface area contributed by atoms with Crippen LogP contribution >= 0.6 is 11.3 Å². The molecule has 7 heteroatoms. The number of fused-ring (bicyclic) bond motifs is 1. The Bertz CT molecular complexity index is 1060. The molecule has 4 rings (SSSR count). The second-order valence-corrected chi connectivity index (χ2v) is 8.62. The van der Waals surface area contributed by atoms with Gasteiger partial charge in [-0.25, -0.2) is 4.98 Å². The third-order valence-electron chi connectivity index (χ3n) is 5.36. The maximum atomic E-state index is 12.7. The second-order valence-electron chi connectivity index (χ2n) is 7.41. The van der Waals surface area contributed by atoms with Gasteiger partial charge in [0.15, 0.2) is 0 Å². The zero-order valence-electron chi connectivity index (χ0n) is 16.1. The molecule has 1 aliphatic heterocycles. The molecule has 1 amide bonds. The van der Waals surface area contributed by atoms with Gasteiger partial charge in [0.2, 0.25) is 5.91 Å². The molecule has 1 N–H and O–H groups in total. The van der Waals surface area contributed by atoms with Crippen LogP contribution in [0.5, 0.6) is 0 Å². The lowest BCUT2D eigenvalue weighted by molar-refractivity contribution is -0.122. The van der Waals surface area contributed by atoms with E-state index in [1.54, 1.807) is 0 Å². The van der Waals surface area contributed by atoms with Crippen molar-refractivity contribution < 1.29 is 4.79 Å². The van der Waals surface area contributed by atoms with E-state index in [9.17, 15) is 9.59 Å². The van der Waals surface area contributed by atoms with Gasteiger partial charge in [-0.05, 0) is 31.4 Å². The molecule has 0 bridgehead atoms. The molecule has 0 saturated carbocycles. The van der Waals surface area contributed by atoms with Gasteiger partial charge in [0, 0.05) is 30.6 Å². The first-order chi connectivity index (χ1) is 13.5. The van der Waals surface area contributed by atoms with Gasteiger partial charge in [0.05, 0.1) is 11.7 Å². The van der Waals surface area contributed by atoms with Crippen molar-refractivity contribution in [2.24, 2.45) is 0 Å². The number of nitrogens with zero attached hydrogens (tertiary/aromatic N) is 3. The third kappa shape index (κ3) is 3.86. The van der Waals surface area contributed by atoms with Crippen LogP contribution < -0.4 is 10.9 Å². The van der Waals surface area contributed by atoms with Crippen molar-refractivity contribution in [2.45, 2.75) is 39.4 Å². The molecule has 1 fully saturated rings. The first-order valence-electron chi connectivity index (χ1n) is 9.52. The van der Waals surface area contributed by atoms with Gasteiger partial charge in [-0.2, -0.15) is 0 Å². The van der Waals surface area contributed by atoms with Crippen LogP contribution in [0.4, 0.5) is 0 Å². The van der Waals surface area contributed by atoms with Crippen molar-refractivity contribution in [3.8, 4) is 0 Å². The number of thiophene rings is 1. The number of carbonyl (C=O) groups excluding carboxylic acids is 1. The number of aromatic nitrogens is 2. The van der Waals surface area contributed by atoms with Gasteiger partial charge in [-0.3, -0.25) is 19.1 Å². The van der Waals surface area contributed by atoms with Crippen molar-refractivity contribution in [2.75, 3.05) is 13.1 Å². The standard InChI is InChI=1S/C21H24N4O2S/c1-14-15(2)28-20-19(14)21(27)25(13-22-20)12-18(26)23-17-8-9-24(11-17)10-16-6-4-3-5-7-16/h3-7,13,17H,8-12H2,1-2H3,(H,23,26)/t17-/m0/s1. The Kier molecular flexibility index (Phi) is 5.28. The monoisotopic (exact) mass is 396 g/mol. The summed E-state index contributed by atoms with van der Waals surface area (Å²) >= 11 is 1.52. The van der Waals surface area contributed by atoms with Crippen molar-refractivity contribution in [1.82, 2.24) is 19.8 Å². The molecular weight excluding hydrogens is 372 g/mol. The Morgan fingerprint density at radius 2 is 2.07 bits per heavy atom. The highest BCUT2D eigenvalue weighted by atomic mass is 32.1. The molecule has 1 aromatic carbocycles. The summed E-state index contributed by atoms with van der Waals surface area (Å²) in [6, 6.07) is 10.5. The predicted molar refractivity (Wildman–Crippen MR) is 112 cm³/mol. The van der Waals surface area contributed by atoms with Gasteiger partial charge in [0.1, 0.15) is 11.4 Å². The van der Waals surface area contributed by atoms with Crippen molar-refractivity contribution in [1.29, 1.82) is 0 Å². The van der Waals surface area contributed by atoms with Crippen molar-refractivity contribution in [3.63, 3.8) is 0 Å². The molecule has 0 radical (unpaired) electrons. The molecule has 28 heavy (non-hydrogen) atoms. The molecule has 2 aromatic heterocycles. The topological polar surface area (TPSA) is 67.2 Å². The van der Waals surface area contributed by atoms with Gasteiger partial charge < -0.3 is 5.32 Å². The normalized spacial score (nSPS) is 17.3. The quantitative estimate of drug-likeness (QED) is 0.719. The number of carbonyl (C=O) groups is 1. The predicted octanol–water partition coefficient (Wildman–Crippen LogP) is 2.47. The van der Waals surface area contributed by atoms with Crippen LogP contribution in [0, 0.1) is 13.8 Å². The molecule has 1 aliphatic rings. The lowest BCUT2D eigenvalue weighted by atomic mass is 10.2. The number of nitrogens with one attached hydrogen (secondary N) is 1. The van der Waals surface area contributed by atoms with Crippen LogP contribution in [0.3, 0.4) is 0 Å². The first kappa shape index (κ1) is 18.8. The molecule has 3 aromatic rings. The zero-order valence-corrected chi connectivity index (χ0v) is 17.0. The van der Waals surface area contributed by atoms with Crippen molar-refractivity contribution in [3.05, 3.63) is 63.0 Å². The van der Waals surface area contributed by atoms with E-state index in [0.717, 1.165) is 41.3 Å². The zero-order chi connectivity index (χ0) is 19.7. The molecule has 0 spiro atoms. The van der Waals surface area contributed by atoms with Gasteiger partial charge >= 0.3 is 0 Å². The van der Waals surface area contributed by atoms with Crippen LogP contribution in [0.25, 0.3) is 10.2 Å². The fraction of sp³-hybridized carbons (Fsp3) is 0.381. The minimum absolute atomic E-state index is 0.00525. The molecule has 1 saturated heterocycles. The van der Waals surface area contributed by atoms with E-state index in [0.29, 0.717) is 5.39 Å². The minimum atomic E-state index is -0.140. The number of hydrogen-bond donors (Lipinski definition) is 1. The van der Waals surface area contributed by atoms with E-state index in [4.69, 9.17) is 0 Å². The van der Waals surface area contributed by atoms with Crippen LogP contribution in [-0.2, 0) is 17.9 Å². The van der Waals surface area contributed by atoms with E-state index < -0.39 is 0 Å². The van der Waals surface area contributed by atoms with E-state index >= 15 is 0 Å². The fourth-order valence-electron chi connectivity index (χ4n) is 3.75.